The van der Waals surface area contributed by atoms with Gasteiger partial charge in [0.25, 0.3) is 0 Å². The Balaban J connectivity index is 0. The van der Waals surface area contributed by atoms with Crippen LogP contribution in [0.1, 0.15) is 53.4 Å². The fourth-order valence-corrected chi connectivity index (χ4v) is 1.81. The summed E-state index contributed by atoms with van der Waals surface area (Å²) in [5.41, 5.74) is 0. The molecule has 2 rings (SSSR count). The molecular formula is C16H36N2. The van der Waals surface area contributed by atoms with Crippen molar-refractivity contribution in [3.63, 3.8) is 0 Å². The van der Waals surface area contributed by atoms with Gasteiger partial charge < -0.3 is 9.80 Å². The fraction of sp³-hybridized carbons (Fsp3) is 0.875. The summed E-state index contributed by atoms with van der Waals surface area (Å²) in [6.45, 7) is 13.0. The monoisotopic (exact) mass is 256 g/mol. The molecule has 0 bridgehead atoms. The third-order valence-electron chi connectivity index (χ3n) is 2.84. The zero-order valence-electron chi connectivity index (χ0n) is 13.7. The van der Waals surface area contributed by atoms with Crippen LogP contribution in [0, 0.1) is 0 Å². The Morgan fingerprint density at radius 2 is 1.22 bits per heavy atom. The summed E-state index contributed by atoms with van der Waals surface area (Å²) in [4.78, 5) is 4.70. The second kappa shape index (κ2) is 16.7. The van der Waals surface area contributed by atoms with Crippen LogP contribution in [0.5, 0.6) is 0 Å². The van der Waals surface area contributed by atoms with Crippen molar-refractivity contribution < 1.29 is 0 Å². The molecule has 18 heavy (non-hydrogen) atoms. The highest BCUT2D eigenvalue weighted by Gasteiger charge is 2.02. The minimum Gasteiger partial charge on any atom is -0.306 e. The first-order chi connectivity index (χ1) is 8.79. The van der Waals surface area contributed by atoms with E-state index in [2.05, 4.69) is 36.0 Å². The third kappa shape index (κ3) is 13.7. The molecule has 1 saturated heterocycles. The van der Waals surface area contributed by atoms with E-state index >= 15 is 0 Å². The first-order valence-corrected chi connectivity index (χ1v) is 7.81. The van der Waals surface area contributed by atoms with Crippen LogP contribution in [-0.4, -0.2) is 50.1 Å². The second-order valence-corrected chi connectivity index (χ2v) is 4.39. The third-order valence-corrected chi connectivity index (χ3v) is 2.84. The molecule has 2 aliphatic heterocycles. The number of rotatable bonds is 0. The zero-order chi connectivity index (χ0) is 14.2. The maximum absolute atomic E-state index is 2.39. The van der Waals surface area contributed by atoms with Crippen LogP contribution in [-0.2, 0) is 0 Å². The van der Waals surface area contributed by atoms with E-state index < -0.39 is 0 Å². The SMILES string of the molecule is CC.CC.CN1CC=CCC1.CN1CCCCC1. The maximum atomic E-state index is 2.39. The molecule has 0 aromatic heterocycles. The van der Waals surface area contributed by atoms with Gasteiger partial charge in [-0.25, -0.2) is 0 Å². The van der Waals surface area contributed by atoms with Crippen LogP contribution in [0.3, 0.4) is 0 Å². The van der Waals surface area contributed by atoms with Crippen molar-refractivity contribution in [2.24, 2.45) is 0 Å². The van der Waals surface area contributed by atoms with Gasteiger partial charge in [-0.3, -0.25) is 0 Å². The predicted molar refractivity (Wildman–Crippen MR) is 85.3 cm³/mol. The van der Waals surface area contributed by atoms with Gasteiger partial charge in [0.1, 0.15) is 0 Å². The predicted octanol–water partition coefficient (Wildman–Crippen LogP) is 4.03. The number of likely N-dealkylation sites (N-methyl/N-ethyl adjacent to an activating group) is 1. The van der Waals surface area contributed by atoms with Crippen LogP contribution < -0.4 is 0 Å². The topological polar surface area (TPSA) is 6.48 Å². The van der Waals surface area contributed by atoms with Gasteiger partial charge >= 0.3 is 0 Å². The Bertz CT molecular complexity index is 160. The summed E-state index contributed by atoms with van der Waals surface area (Å²) in [6, 6.07) is 0. The molecule has 0 radical (unpaired) electrons. The largest absolute Gasteiger partial charge is 0.306 e. The Labute approximate surface area is 116 Å². The molecule has 2 nitrogen and oxygen atoms in total. The molecule has 0 aliphatic carbocycles. The molecule has 0 amide bonds. The number of piperidine rings is 1. The van der Waals surface area contributed by atoms with Crippen LogP contribution in [0.15, 0.2) is 12.2 Å². The lowest BCUT2D eigenvalue weighted by molar-refractivity contribution is 0.277. The van der Waals surface area contributed by atoms with Crippen molar-refractivity contribution in [2.45, 2.75) is 53.4 Å². The van der Waals surface area contributed by atoms with Crippen LogP contribution in [0.4, 0.5) is 0 Å². The highest BCUT2D eigenvalue weighted by atomic mass is 15.1. The number of nitrogens with zero attached hydrogens (tertiary/aromatic N) is 2. The van der Waals surface area contributed by atoms with Crippen molar-refractivity contribution in [2.75, 3.05) is 40.3 Å². The standard InChI is InChI=1S/C6H13N.C6H11N.2C2H6/c2*1-7-5-3-2-4-6-7;2*1-2/h2-6H2,1H3;2-3H,4-6H2,1H3;2*1-2H3. The van der Waals surface area contributed by atoms with E-state index in [4.69, 9.17) is 0 Å². The van der Waals surface area contributed by atoms with Crippen molar-refractivity contribution in [1.82, 2.24) is 9.80 Å². The number of hydrogen-bond acceptors (Lipinski definition) is 2. The molecule has 2 heteroatoms. The van der Waals surface area contributed by atoms with Crippen molar-refractivity contribution in [1.29, 1.82) is 0 Å². The highest BCUT2D eigenvalue weighted by molar-refractivity contribution is 4.89. The van der Waals surface area contributed by atoms with Gasteiger partial charge in [0.15, 0.2) is 0 Å². The van der Waals surface area contributed by atoms with Gasteiger partial charge in [-0.15, -0.1) is 0 Å². The molecule has 0 saturated carbocycles. The van der Waals surface area contributed by atoms with E-state index in [0.29, 0.717) is 0 Å². The van der Waals surface area contributed by atoms with E-state index in [-0.39, 0.29) is 0 Å². The minimum absolute atomic E-state index is 1.14. The molecule has 110 valence electrons. The van der Waals surface area contributed by atoms with Gasteiger partial charge in [0.2, 0.25) is 0 Å². The van der Waals surface area contributed by atoms with E-state index in [1.165, 1.54) is 45.3 Å². The Morgan fingerprint density at radius 3 is 1.44 bits per heavy atom. The highest BCUT2D eigenvalue weighted by Crippen LogP contribution is 2.04. The molecule has 1 fully saturated rings. The van der Waals surface area contributed by atoms with Crippen LogP contribution >= 0.6 is 0 Å². The summed E-state index contributed by atoms with van der Waals surface area (Å²) >= 11 is 0. The zero-order valence-corrected chi connectivity index (χ0v) is 13.7. The average molecular weight is 256 g/mol. The van der Waals surface area contributed by atoms with E-state index in [1.807, 2.05) is 27.7 Å². The number of likely N-dealkylation sites (tertiary alicyclic amines) is 1. The Morgan fingerprint density at radius 1 is 0.667 bits per heavy atom. The van der Waals surface area contributed by atoms with E-state index in [1.54, 1.807) is 0 Å². The summed E-state index contributed by atoms with van der Waals surface area (Å²) < 4.78 is 0. The molecule has 0 aromatic rings. The van der Waals surface area contributed by atoms with Crippen LogP contribution in [0.25, 0.3) is 0 Å². The summed E-state index contributed by atoms with van der Waals surface area (Å²) in [7, 11) is 4.34. The molecule has 0 atom stereocenters. The molecule has 2 heterocycles. The lowest BCUT2D eigenvalue weighted by Crippen LogP contribution is -2.24. The molecule has 0 N–H and O–H groups in total. The fourth-order valence-electron chi connectivity index (χ4n) is 1.81. The van der Waals surface area contributed by atoms with E-state index in [0.717, 1.165) is 6.54 Å². The molecule has 0 spiro atoms. The maximum Gasteiger partial charge on any atom is 0.0160 e. The van der Waals surface area contributed by atoms with Gasteiger partial charge in [0, 0.05) is 13.1 Å². The minimum atomic E-state index is 1.14. The molecule has 0 aromatic carbocycles. The molecule has 0 unspecified atom stereocenters. The van der Waals surface area contributed by atoms with Gasteiger partial charge in [-0.05, 0) is 46.4 Å². The van der Waals surface area contributed by atoms with E-state index in [9.17, 15) is 0 Å². The lowest BCUT2D eigenvalue weighted by Gasteiger charge is -2.20. The van der Waals surface area contributed by atoms with Gasteiger partial charge in [-0.1, -0.05) is 46.3 Å². The number of hydrogen-bond donors (Lipinski definition) is 0. The summed E-state index contributed by atoms with van der Waals surface area (Å²) in [5, 5.41) is 0. The molecule has 2 aliphatic rings. The van der Waals surface area contributed by atoms with Gasteiger partial charge in [-0.2, -0.15) is 0 Å². The van der Waals surface area contributed by atoms with Gasteiger partial charge in [0.05, 0.1) is 0 Å². The smallest absolute Gasteiger partial charge is 0.0160 e. The second-order valence-electron chi connectivity index (χ2n) is 4.39. The van der Waals surface area contributed by atoms with Crippen molar-refractivity contribution >= 4 is 0 Å². The first-order valence-electron chi connectivity index (χ1n) is 7.81. The summed E-state index contributed by atoms with van der Waals surface area (Å²) in [6.07, 6.45) is 9.96. The Hall–Kier alpha value is -0.340. The normalized spacial score (nSPS) is 19.4. The molecular weight excluding hydrogens is 220 g/mol. The van der Waals surface area contributed by atoms with Crippen molar-refractivity contribution in [3.05, 3.63) is 12.2 Å². The lowest BCUT2D eigenvalue weighted by atomic mass is 10.1. The quantitative estimate of drug-likeness (QED) is 0.604. The Kier molecular flexibility index (Phi) is 18.5. The first kappa shape index (κ1) is 20.0. The van der Waals surface area contributed by atoms with Crippen LogP contribution in [0.2, 0.25) is 0 Å². The van der Waals surface area contributed by atoms with Crippen molar-refractivity contribution in [3.8, 4) is 0 Å². The summed E-state index contributed by atoms with van der Waals surface area (Å²) in [5.74, 6) is 0. The average Bonchev–Trinajstić information content (AvgIpc) is 2.46.